The number of amidine groups is 2. The Kier molecular flexibility index (Phi) is 17.5. The first-order valence-corrected chi connectivity index (χ1v) is 19.1. The van der Waals surface area contributed by atoms with E-state index in [9.17, 15) is 0 Å². The molecule has 0 spiro atoms. The third kappa shape index (κ3) is 15.6. The molecular formula is C40H58N4O6. The van der Waals surface area contributed by atoms with Crippen LogP contribution in [0.15, 0.2) is 70.6 Å². The smallest absolute Gasteiger partial charge is 0.414 e. The molecule has 0 atom stereocenters. The minimum atomic E-state index is -1.82. The molecule has 6 rings (SSSR count). The molecule has 4 aliphatic carbocycles. The highest BCUT2D eigenvalue weighted by atomic mass is 16.5. The van der Waals surface area contributed by atoms with E-state index in [4.69, 9.17) is 39.3 Å². The van der Waals surface area contributed by atoms with Gasteiger partial charge in [-0.15, -0.1) is 0 Å². The zero-order chi connectivity index (χ0) is 35.2. The van der Waals surface area contributed by atoms with Crippen molar-refractivity contribution in [3.8, 4) is 11.5 Å². The fraction of sp³-hybridized carbons (Fsp3) is 0.600. The van der Waals surface area contributed by atoms with Crippen molar-refractivity contribution in [2.24, 2.45) is 9.98 Å². The Morgan fingerprint density at radius 3 is 1.08 bits per heavy atom. The fourth-order valence-electron chi connectivity index (χ4n) is 6.98. The second-order valence-corrected chi connectivity index (χ2v) is 13.9. The van der Waals surface area contributed by atoms with Crippen molar-refractivity contribution in [1.82, 2.24) is 10.6 Å². The molecule has 274 valence electrons. The van der Waals surface area contributed by atoms with Crippen molar-refractivity contribution in [3.63, 3.8) is 0 Å². The number of nitrogens with one attached hydrogen (secondary N) is 2. The number of carboxylic acid groups (broad SMARTS) is 2. The van der Waals surface area contributed by atoms with E-state index in [2.05, 4.69) is 10.6 Å². The van der Waals surface area contributed by atoms with Gasteiger partial charge in [0, 0.05) is 12.1 Å². The molecule has 0 heterocycles. The van der Waals surface area contributed by atoms with E-state index in [0.717, 1.165) is 23.5 Å². The van der Waals surface area contributed by atoms with Gasteiger partial charge in [-0.2, -0.15) is 0 Å². The monoisotopic (exact) mass is 690 g/mol. The maximum atomic E-state index is 9.10. The van der Waals surface area contributed by atoms with E-state index in [0.29, 0.717) is 24.2 Å². The van der Waals surface area contributed by atoms with Gasteiger partial charge in [-0.05, 0) is 75.6 Å². The van der Waals surface area contributed by atoms with Gasteiger partial charge >= 0.3 is 11.9 Å². The number of aliphatic imine (C=N–C) groups is 2. The van der Waals surface area contributed by atoms with E-state index in [1.165, 1.54) is 128 Å². The van der Waals surface area contributed by atoms with Gasteiger partial charge in [0.25, 0.3) is 12.0 Å². The van der Waals surface area contributed by atoms with Crippen LogP contribution in [-0.2, 0) is 9.59 Å². The predicted octanol–water partition coefficient (Wildman–Crippen LogP) is 8.51. The largest absolute Gasteiger partial charge is 0.473 e. The van der Waals surface area contributed by atoms with Crippen LogP contribution >= 0.6 is 0 Å². The Hall–Kier alpha value is -4.08. The average molecular weight is 691 g/mol. The van der Waals surface area contributed by atoms with Crippen LogP contribution in [-0.4, -0.2) is 58.4 Å². The quantitative estimate of drug-likeness (QED) is 0.134. The van der Waals surface area contributed by atoms with Crippen LogP contribution in [0.25, 0.3) is 0 Å². The van der Waals surface area contributed by atoms with Crippen LogP contribution in [0.4, 0.5) is 0 Å². The van der Waals surface area contributed by atoms with Gasteiger partial charge < -0.3 is 30.3 Å². The third-order valence-corrected chi connectivity index (χ3v) is 9.71. The molecule has 0 unspecified atom stereocenters. The maximum Gasteiger partial charge on any atom is 0.414 e. The third-order valence-electron chi connectivity index (χ3n) is 9.71. The first-order chi connectivity index (χ1) is 24.4. The van der Waals surface area contributed by atoms with Crippen LogP contribution in [0.5, 0.6) is 11.5 Å². The van der Waals surface area contributed by atoms with Crippen LogP contribution in [0.1, 0.15) is 128 Å². The van der Waals surface area contributed by atoms with Gasteiger partial charge in [0.05, 0.1) is 12.1 Å². The molecule has 10 heteroatoms. The number of para-hydroxylation sites is 2. The molecule has 2 aromatic rings. The Bertz CT molecular complexity index is 1200. The van der Waals surface area contributed by atoms with Crippen molar-refractivity contribution >= 4 is 24.0 Å². The van der Waals surface area contributed by atoms with Gasteiger partial charge in [-0.3, -0.25) is 0 Å². The predicted molar refractivity (Wildman–Crippen MR) is 198 cm³/mol. The highest BCUT2D eigenvalue weighted by molar-refractivity contribution is 6.27. The molecule has 4 saturated carbocycles. The molecular weight excluding hydrogens is 632 g/mol. The summed E-state index contributed by atoms with van der Waals surface area (Å²) in [5, 5.41) is 21.9. The van der Waals surface area contributed by atoms with Gasteiger partial charge in [0.2, 0.25) is 0 Å². The van der Waals surface area contributed by atoms with E-state index in [-0.39, 0.29) is 0 Å². The minimum Gasteiger partial charge on any atom is -0.473 e. The summed E-state index contributed by atoms with van der Waals surface area (Å²) >= 11 is 0. The summed E-state index contributed by atoms with van der Waals surface area (Å²) in [6.07, 6.45) is 25.7. The molecule has 0 saturated heterocycles. The van der Waals surface area contributed by atoms with E-state index < -0.39 is 11.9 Å². The van der Waals surface area contributed by atoms with Crippen LogP contribution in [0, 0.1) is 0 Å². The second kappa shape index (κ2) is 22.6. The van der Waals surface area contributed by atoms with Crippen LogP contribution in [0.3, 0.4) is 0 Å². The zero-order valence-corrected chi connectivity index (χ0v) is 29.6. The van der Waals surface area contributed by atoms with Crippen molar-refractivity contribution in [1.29, 1.82) is 0 Å². The summed E-state index contributed by atoms with van der Waals surface area (Å²) in [4.78, 5) is 28.0. The fourth-order valence-corrected chi connectivity index (χ4v) is 6.98. The molecule has 0 amide bonds. The number of benzene rings is 2. The SMILES string of the molecule is O=C(O)C(=O)O.c1ccc(OC(=NC2CCCCC2)NC2CCCCC2)cc1.c1ccc(OC(=NC2CCCCC2)NC2CCCCC2)cc1. The number of aliphatic carboxylic acids is 2. The van der Waals surface area contributed by atoms with Gasteiger partial charge in [0.15, 0.2) is 0 Å². The summed E-state index contributed by atoms with van der Waals surface area (Å²) in [7, 11) is 0. The summed E-state index contributed by atoms with van der Waals surface area (Å²) in [5.74, 6) is -1.90. The molecule has 50 heavy (non-hydrogen) atoms. The Morgan fingerprint density at radius 2 is 0.780 bits per heavy atom. The normalized spacial score (nSPS) is 19.8. The second-order valence-electron chi connectivity index (χ2n) is 13.9. The number of carbonyl (C=O) groups is 2. The number of hydrogen-bond donors (Lipinski definition) is 4. The Labute approximate surface area is 298 Å². The summed E-state index contributed by atoms with van der Waals surface area (Å²) < 4.78 is 12.1. The molecule has 0 bridgehead atoms. The molecule has 4 fully saturated rings. The lowest BCUT2D eigenvalue weighted by Crippen LogP contribution is -2.40. The van der Waals surface area contributed by atoms with Gasteiger partial charge in [-0.25, -0.2) is 19.6 Å². The van der Waals surface area contributed by atoms with Gasteiger partial charge in [0.1, 0.15) is 11.5 Å². The van der Waals surface area contributed by atoms with Crippen LogP contribution < -0.4 is 20.1 Å². The zero-order valence-electron chi connectivity index (χ0n) is 29.6. The molecule has 0 aromatic heterocycles. The number of hydrogen-bond acceptors (Lipinski definition) is 6. The summed E-state index contributed by atoms with van der Waals surface area (Å²) in [6.45, 7) is 0. The van der Waals surface area contributed by atoms with Crippen molar-refractivity contribution in [3.05, 3.63) is 60.7 Å². The molecule has 2 aromatic carbocycles. The number of carboxylic acids is 2. The van der Waals surface area contributed by atoms with E-state index in [1.807, 2.05) is 60.7 Å². The topological polar surface area (TPSA) is 142 Å². The number of rotatable bonds is 6. The number of ether oxygens (including phenoxy) is 2. The van der Waals surface area contributed by atoms with E-state index in [1.54, 1.807) is 0 Å². The van der Waals surface area contributed by atoms with Crippen LogP contribution in [0.2, 0.25) is 0 Å². The Morgan fingerprint density at radius 1 is 0.480 bits per heavy atom. The minimum absolute atomic E-state index is 0.434. The Balaban J connectivity index is 0.000000194. The standard InChI is InChI=1S/2C19H28N2O.C2H2O4/c2*1-4-10-16(11-5-1)20-19(21-17-12-6-2-7-13-17)22-18-14-8-3-9-15-18;3-1(4)2(5)6/h2*3,8-9,14-17H,1-2,4-7,10-13H2,(H,20,21);(H,3,4)(H,5,6). The van der Waals surface area contributed by atoms with Crippen molar-refractivity contribution in [2.75, 3.05) is 0 Å². The first-order valence-electron chi connectivity index (χ1n) is 19.1. The summed E-state index contributed by atoms with van der Waals surface area (Å²) in [5.41, 5.74) is 0. The molecule has 4 N–H and O–H groups in total. The lowest BCUT2D eigenvalue weighted by molar-refractivity contribution is -0.159. The van der Waals surface area contributed by atoms with Crippen molar-refractivity contribution < 1.29 is 29.3 Å². The molecule has 0 aliphatic heterocycles. The lowest BCUT2D eigenvalue weighted by atomic mass is 9.95. The first kappa shape index (κ1) is 38.7. The highest BCUT2D eigenvalue weighted by Gasteiger charge is 2.20. The van der Waals surface area contributed by atoms with Gasteiger partial charge in [-0.1, -0.05) is 113 Å². The maximum absolute atomic E-state index is 9.10. The van der Waals surface area contributed by atoms with Crippen molar-refractivity contribution in [2.45, 2.75) is 153 Å². The highest BCUT2D eigenvalue weighted by Crippen LogP contribution is 2.24. The lowest BCUT2D eigenvalue weighted by Gasteiger charge is -2.26. The molecule has 4 aliphatic rings. The molecule has 10 nitrogen and oxygen atoms in total. The van der Waals surface area contributed by atoms with E-state index >= 15 is 0 Å². The summed E-state index contributed by atoms with van der Waals surface area (Å²) in [6, 6.07) is 23.5. The number of nitrogens with zero attached hydrogens (tertiary/aromatic N) is 2. The average Bonchev–Trinajstić information content (AvgIpc) is 3.15. The molecule has 0 radical (unpaired) electrons.